The third-order valence-electron chi connectivity index (χ3n) is 2.51. The Labute approximate surface area is 119 Å². The molecular formula is C13H13BrN4O. The van der Waals surface area contributed by atoms with Gasteiger partial charge in [0.25, 0.3) is 5.91 Å². The lowest BCUT2D eigenvalue weighted by molar-refractivity contribution is 0.102. The van der Waals surface area contributed by atoms with E-state index in [2.05, 4.69) is 36.5 Å². The molecule has 6 heteroatoms. The van der Waals surface area contributed by atoms with Gasteiger partial charge in [0.2, 0.25) is 0 Å². The number of nitrogens with zero attached hydrogens (tertiary/aromatic N) is 2. The van der Waals surface area contributed by atoms with Crippen LogP contribution in [0.2, 0.25) is 0 Å². The number of aromatic nitrogens is 2. The molecule has 1 aromatic heterocycles. The molecule has 0 saturated heterocycles. The predicted molar refractivity (Wildman–Crippen MR) is 78.4 cm³/mol. The molecule has 1 heterocycles. The summed E-state index contributed by atoms with van der Waals surface area (Å²) in [4.78, 5) is 20.1. The van der Waals surface area contributed by atoms with Gasteiger partial charge in [0.05, 0.1) is 18.1 Å². The predicted octanol–water partition coefficient (Wildman–Crippen LogP) is 2.84. The molecule has 0 saturated carbocycles. The monoisotopic (exact) mass is 320 g/mol. The van der Waals surface area contributed by atoms with E-state index in [0.717, 1.165) is 10.0 Å². The van der Waals surface area contributed by atoms with E-state index >= 15 is 0 Å². The standard InChI is InChI=1S/C13H13BrN4O/c1-8-3-4-9(14)10(5-8)18-13(19)11-6-17-12(15-2)7-16-11/h3-7H,1-2H3,(H,15,17)(H,18,19). The maximum Gasteiger partial charge on any atom is 0.275 e. The third kappa shape index (κ3) is 3.29. The van der Waals surface area contributed by atoms with Gasteiger partial charge < -0.3 is 10.6 Å². The number of hydrogen-bond donors (Lipinski definition) is 2. The number of benzene rings is 1. The lowest BCUT2D eigenvalue weighted by Gasteiger charge is -2.08. The normalized spacial score (nSPS) is 10.1. The fraction of sp³-hybridized carbons (Fsp3) is 0.154. The van der Waals surface area contributed by atoms with Gasteiger partial charge in [-0.3, -0.25) is 4.79 Å². The van der Waals surface area contributed by atoms with E-state index in [9.17, 15) is 4.79 Å². The van der Waals surface area contributed by atoms with Crippen molar-refractivity contribution in [3.8, 4) is 0 Å². The van der Waals surface area contributed by atoms with E-state index in [1.165, 1.54) is 12.4 Å². The van der Waals surface area contributed by atoms with Gasteiger partial charge in [-0.1, -0.05) is 6.07 Å². The van der Waals surface area contributed by atoms with Crippen LogP contribution in [0.25, 0.3) is 0 Å². The Morgan fingerprint density at radius 3 is 2.68 bits per heavy atom. The molecule has 0 radical (unpaired) electrons. The smallest absolute Gasteiger partial charge is 0.275 e. The molecule has 19 heavy (non-hydrogen) atoms. The van der Waals surface area contributed by atoms with Crippen LogP contribution in [0.3, 0.4) is 0 Å². The number of halogens is 1. The molecular weight excluding hydrogens is 308 g/mol. The molecule has 0 atom stereocenters. The second kappa shape index (κ2) is 5.79. The Hall–Kier alpha value is -1.95. The van der Waals surface area contributed by atoms with Crippen LogP contribution in [0.5, 0.6) is 0 Å². The molecule has 1 amide bonds. The van der Waals surface area contributed by atoms with Crippen LogP contribution in [0.1, 0.15) is 16.1 Å². The van der Waals surface area contributed by atoms with E-state index < -0.39 is 0 Å². The molecule has 0 fully saturated rings. The van der Waals surface area contributed by atoms with E-state index in [1.54, 1.807) is 7.05 Å². The summed E-state index contributed by atoms with van der Waals surface area (Å²) in [7, 11) is 1.74. The summed E-state index contributed by atoms with van der Waals surface area (Å²) in [6.45, 7) is 1.96. The molecule has 0 unspecified atom stereocenters. The van der Waals surface area contributed by atoms with Crippen molar-refractivity contribution >= 4 is 33.3 Å². The summed E-state index contributed by atoms with van der Waals surface area (Å²) < 4.78 is 0.825. The van der Waals surface area contributed by atoms with Crippen molar-refractivity contribution in [3.63, 3.8) is 0 Å². The van der Waals surface area contributed by atoms with Gasteiger partial charge in [-0.15, -0.1) is 0 Å². The van der Waals surface area contributed by atoms with Crippen molar-refractivity contribution in [1.82, 2.24) is 9.97 Å². The highest BCUT2D eigenvalue weighted by molar-refractivity contribution is 9.10. The highest BCUT2D eigenvalue weighted by atomic mass is 79.9. The van der Waals surface area contributed by atoms with E-state index in [4.69, 9.17) is 0 Å². The lowest BCUT2D eigenvalue weighted by atomic mass is 10.2. The number of carbonyl (C=O) groups is 1. The van der Waals surface area contributed by atoms with Crippen molar-refractivity contribution < 1.29 is 4.79 Å². The van der Waals surface area contributed by atoms with Gasteiger partial charge in [-0.2, -0.15) is 0 Å². The maximum atomic E-state index is 12.0. The van der Waals surface area contributed by atoms with Gasteiger partial charge in [0.1, 0.15) is 11.5 Å². The molecule has 2 N–H and O–H groups in total. The van der Waals surface area contributed by atoms with Gasteiger partial charge in [0.15, 0.2) is 0 Å². The Morgan fingerprint density at radius 2 is 2.05 bits per heavy atom. The number of anilines is 2. The zero-order valence-corrected chi connectivity index (χ0v) is 12.2. The van der Waals surface area contributed by atoms with Crippen LogP contribution in [0.4, 0.5) is 11.5 Å². The number of aryl methyl sites for hydroxylation is 1. The highest BCUT2D eigenvalue weighted by Crippen LogP contribution is 2.23. The molecule has 0 aliphatic rings. The third-order valence-corrected chi connectivity index (χ3v) is 3.20. The first-order valence-corrected chi connectivity index (χ1v) is 6.47. The molecule has 1 aromatic carbocycles. The number of hydrogen-bond acceptors (Lipinski definition) is 4. The first kappa shape index (κ1) is 13.5. The molecule has 0 aliphatic heterocycles. The maximum absolute atomic E-state index is 12.0. The molecule has 2 rings (SSSR count). The average Bonchev–Trinajstić information content (AvgIpc) is 2.43. The highest BCUT2D eigenvalue weighted by Gasteiger charge is 2.10. The number of carbonyl (C=O) groups excluding carboxylic acids is 1. The zero-order valence-electron chi connectivity index (χ0n) is 10.6. The Kier molecular flexibility index (Phi) is 4.11. The van der Waals surface area contributed by atoms with Crippen LogP contribution < -0.4 is 10.6 Å². The topological polar surface area (TPSA) is 66.9 Å². The summed E-state index contributed by atoms with van der Waals surface area (Å²) >= 11 is 3.39. The second-order valence-corrected chi connectivity index (χ2v) is 4.83. The van der Waals surface area contributed by atoms with E-state index in [0.29, 0.717) is 11.5 Å². The van der Waals surface area contributed by atoms with Crippen LogP contribution in [0, 0.1) is 6.92 Å². The van der Waals surface area contributed by atoms with Gasteiger partial charge >= 0.3 is 0 Å². The Bertz CT molecular complexity index is 598. The van der Waals surface area contributed by atoms with Crippen LogP contribution in [-0.2, 0) is 0 Å². The second-order valence-electron chi connectivity index (χ2n) is 3.97. The fourth-order valence-electron chi connectivity index (χ4n) is 1.50. The number of rotatable bonds is 3. The van der Waals surface area contributed by atoms with Gasteiger partial charge in [-0.05, 0) is 40.5 Å². The minimum atomic E-state index is -0.290. The summed E-state index contributed by atoms with van der Waals surface area (Å²) in [6.07, 6.45) is 2.95. The molecule has 0 spiro atoms. The van der Waals surface area contributed by atoms with Crippen molar-refractivity contribution in [3.05, 3.63) is 46.3 Å². The van der Waals surface area contributed by atoms with Crippen LogP contribution in [0.15, 0.2) is 35.1 Å². The largest absolute Gasteiger partial charge is 0.372 e. The minimum Gasteiger partial charge on any atom is -0.372 e. The number of amides is 1. The first-order valence-electron chi connectivity index (χ1n) is 5.67. The quantitative estimate of drug-likeness (QED) is 0.912. The fourth-order valence-corrected chi connectivity index (χ4v) is 1.84. The molecule has 98 valence electrons. The Balaban J connectivity index is 2.18. The first-order chi connectivity index (χ1) is 9.10. The van der Waals surface area contributed by atoms with Crippen molar-refractivity contribution in [1.29, 1.82) is 0 Å². The summed E-state index contributed by atoms with van der Waals surface area (Å²) in [5.74, 6) is 0.328. The number of nitrogens with one attached hydrogen (secondary N) is 2. The average molecular weight is 321 g/mol. The molecule has 0 aliphatic carbocycles. The SMILES string of the molecule is CNc1cnc(C(=O)Nc2cc(C)ccc2Br)cn1. The van der Waals surface area contributed by atoms with E-state index in [-0.39, 0.29) is 11.6 Å². The molecule has 0 bridgehead atoms. The van der Waals surface area contributed by atoms with E-state index in [1.807, 2.05) is 25.1 Å². The van der Waals surface area contributed by atoms with Gasteiger partial charge in [-0.25, -0.2) is 9.97 Å². The lowest BCUT2D eigenvalue weighted by Crippen LogP contribution is -2.14. The van der Waals surface area contributed by atoms with Gasteiger partial charge in [0, 0.05) is 11.5 Å². The molecule has 2 aromatic rings. The van der Waals surface area contributed by atoms with Crippen LogP contribution >= 0.6 is 15.9 Å². The van der Waals surface area contributed by atoms with Crippen molar-refractivity contribution in [2.45, 2.75) is 6.92 Å². The van der Waals surface area contributed by atoms with Crippen LogP contribution in [-0.4, -0.2) is 22.9 Å². The summed E-state index contributed by atoms with van der Waals surface area (Å²) in [5, 5.41) is 5.64. The Morgan fingerprint density at radius 1 is 1.26 bits per heavy atom. The van der Waals surface area contributed by atoms with Crippen molar-refractivity contribution in [2.75, 3.05) is 17.7 Å². The zero-order chi connectivity index (χ0) is 13.8. The summed E-state index contributed by atoms with van der Waals surface area (Å²) in [5.41, 5.74) is 2.05. The summed E-state index contributed by atoms with van der Waals surface area (Å²) in [6, 6.07) is 5.74. The minimum absolute atomic E-state index is 0.271. The molecule has 5 nitrogen and oxygen atoms in total. The van der Waals surface area contributed by atoms with Crippen molar-refractivity contribution in [2.24, 2.45) is 0 Å².